The number of esters is 1. The Hall–Kier alpha value is -1.26. The maximum Gasteiger partial charge on any atom is 0.315 e. The van der Waals surface area contributed by atoms with Gasteiger partial charge in [-0.1, -0.05) is 23.2 Å². The number of methoxy groups -OCH3 is 1. The highest BCUT2D eigenvalue weighted by molar-refractivity contribution is 6.36. The summed E-state index contributed by atoms with van der Waals surface area (Å²) in [5.74, 6) is -1.10. The minimum absolute atomic E-state index is 0.311. The summed E-state index contributed by atoms with van der Waals surface area (Å²) in [6.07, 6.45) is -0.352. The first-order valence-electron chi connectivity index (χ1n) is 4.34. The van der Waals surface area contributed by atoms with E-state index in [0.717, 1.165) is 0 Å². The molecule has 4 nitrogen and oxygen atoms in total. The number of carbonyl (C=O) groups is 2. The molecule has 1 aromatic rings. The van der Waals surface area contributed by atoms with Crippen molar-refractivity contribution in [1.82, 2.24) is 0 Å². The Morgan fingerprint density at radius 2 is 2.06 bits per heavy atom. The first-order valence-corrected chi connectivity index (χ1v) is 5.10. The lowest BCUT2D eigenvalue weighted by Gasteiger charge is -2.06. The van der Waals surface area contributed by atoms with Crippen LogP contribution in [0.2, 0.25) is 10.0 Å². The number of benzene rings is 1. The molecule has 0 aliphatic carbocycles. The van der Waals surface area contributed by atoms with Crippen LogP contribution in [0.25, 0.3) is 0 Å². The van der Waals surface area contributed by atoms with Crippen molar-refractivity contribution in [3.8, 4) is 0 Å². The zero-order valence-electron chi connectivity index (χ0n) is 8.42. The van der Waals surface area contributed by atoms with Gasteiger partial charge in [0.15, 0.2) is 0 Å². The highest BCUT2D eigenvalue weighted by Crippen LogP contribution is 2.25. The lowest BCUT2D eigenvalue weighted by atomic mass is 10.3. The van der Waals surface area contributed by atoms with Crippen LogP contribution in [0.15, 0.2) is 18.2 Å². The monoisotopic (exact) mass is 261 g/mol. The summed E-state index contributed by atoms with van der Waals surface area (Å²) >= 11 is 11.5. The van der Waals surface area contributed by atoms with Gasteiger partial charge in [-0.2, -0.15) is 0 Å². The number of carbonyl (C=O) groups excluding carboxylic acids is 2. The highest BCUT2D eigenvalue weighted by atomic mass is 35.5. The van der Waals surface area contributed by atoms with E-state index in [1.165, 1.54) is 13.2 Å². The topological polar surface area (TPSA) is 55.4 Å². The number of hydrogen-bond acceptors (Lipinski definition) is 3. The van der Waals surface area contributed by atoms with E-state index in [1.54, 1.807) is 12.1 Å². The molecule has 0 radical (unpaired) electrons. The van der Waals surface area contributed by atoms with Crippen LogP contribution in [0.1, 0.15) is 6.42 Å². The third-order valence-electron chi connectivity index (χ3n) is 1.74. The summed E-state index contributed by atoms with van der Waals surface area (Å²) in [5, 5.41) is 3.25. The van der Waals surface area contributed by atoms with Crippen molar-refractivity contribution in [3.05, 3.63) is 28.2 Å². The SMILES string of the molecule is COC(=O)CC(=O)Nc1ccc(Cl)cc1Cl. The van der Waals surface area contributed by atoms with Crippen molar-refractivity contribution in [3.63, 3.8) is 0 Å². The molecule has 86 valence electrons. The normalized spacial score (nSPS) is 9.69. The fraction of sp³-hybridized carbons (Fsp3) is 0.200. The van der Waals surface area contributed by atoms with E-state index in [9.17, 15) is 9.59 Å². The molecule has 0 unspecified atom stereocenters. The van der Waals surface area contributed by atoms with Crippen molar-refractivity contribution in [2.75, 3.05) is 12.4 Å². The number of rotatable bonds is 3. The maximum atomic E-state index is 11.3. The van der Waals surface area contributed by atoms with Crippen molar-refractivity contribution >= 4 is 40.8 Å². The molecule has 0 aliphatic rings. The molecule has 0 atom stereocenters. The fourth-order valence-corrected chi connectivity index (χ4v) is 1.44. The Balaban J connectivity index is 2.66. The van der Waals surface area contributed by atoms with Crippen molar-refractivity contribution in [2.45, 2.75) is 6.42 Å². The quantitative estimate of drug-likeness (QED) is 0.672. The van der Waals surface area contributed by atoms with Crippen molar-refractivity contribution < 1.29 is 14.3 Å². The molecule has 0 aliphatic heterocycles. The first-order chi connectivity index (χ1) is 7.52. The third kappa shape index (κ3) is 3.72. The van der Waals surface area contributed by atoms with Gasteiger partial charge in [0, 0.05) is 5.02 Å². The van der Waals surface area contributed by atoms with Crippen LogP contribution in [0.4, 0.5) is 5.69 Å². The largest absolute Gasteiger partial charge is 0.469 e. The van der Waals surface area contributed by atoms with Gasteiger partial charge in [-0.25, -0.2) is 0 Å². The third-order valence-corrected chi connectivity index (χ3v) is 2.29. The number of halogens is 2. The lowest BCUT2D eigenvalue weighted by molar-refractivity contribution is -0.142. The van der Waals surface area contributed by atoms with E-state index in [4.69, 9.17) is 23.2 Å². The fourth-order valence-electron chi connectivity index (χ4n) is 0.989. The van der Waals surface area contributed by atoms with Crippen LogP contribution in [0, 0.1) is 0 Å². The van der Waals surface area contributed by atoms with E-state index in [0.29, 0.717) is 15.7 Å². The molecule has 0 bridgehead atoms. The molecule has 6 heteroatoms. The summed E-state index contributed by atoms with van der Waals surface area (Å²) in [5.41, 5.74) is 0.403. The second-order valence-corrected chi connectivity index (χ2v) is 3.77. The Morgan fingerprint density at radius 1 is 1.38 bits per heavy atom. The average Bonchev–Trinajstić information content (AvgIpc) is 2.22. The molecule has 1 amide bonds. The van der Waals surface area contributed by atoms with E-state index >= 15 is 0 Å². The van der Waals surface area contributed by atoms with Crippen molar-refractivity contribution in [2.24, 2.45) is 0 Å². The minimum atomic E-state index is -0.609. The standard InChI is InChI=1S/C10H9Cl2NO3/c1-16-10(15)5-9(14)13-8-3-2-6(11)4-7(8)12/h2-4H,5H2,1H3,(H,13,14). The molecule has 1 rings (SSSR count). The maximum absolute atomic E-state index is 11.3. The molecule has 0 aromatic heterocycles. The number of hydrogen-bond donors (Lipinski definition) is 1. The second-order valence-electron chi connectivity index (χ2n) is 2.93. The summed E-state index contributed by atoms with van der Waals surface area (Å²) in [7, 11) is 1.21. The van der Waals surface area contributed by atoms with E-state index in [2.05, 4.69) is 10.1 Å². The molecule has 1 N–H and O–H groups in total. The number of amides is 1. The predicted octanol–water partition coefficient (Wildman–Crippen LogP) is 2.50. The van der Waals surface area contributed by atoms with E-state index in [-0.39, 0.29) is 6.42 Å². The van der Waals surface area contributed by atoms with Gasteiger partial charge in [0.05, 0.1) is 17.8 Å². The Kier molecular flexibility index (Phi) is 4.58. The molecular weight excluding hydrogens is 253 g/mol. The summed E-state index contributed by atoms with van der Waals surface area (Å²) < 4.78 is 4.35. The number of nitrogens with one attached hydrogen (secondary N) is 1. The molecule has 16 heavy (non-hydrogen) atoms. The van der Waals surface area contributed by atoms with Crippen LogP contribution >= 0.6 is 23.2 Å². The molecule has 0 fully saturated rings. The van der Waals surface area contributed by atoms with Crippen LogP contribution in [0.3, 0.4) is 0 Å². The predicted molar refractivity (Wildman–Crippen MR) is 61.7 cm³/mol. The van der Waals surface area contributed by atoms with Crippen LogP contribution in [-0.2, 0) is 14.3 Å². The van der Waals surface area contributed by atoms with Crippen LogP contribution in [-0.4, -0.2) is 19.0 Å². The summed E-state index contributed by atoms with van der Waals surface area (Å²) in [4.78, 5) is 22.1. The van der Waals surface area contributed by atoms with Gasteiger partial charge in [-0.15, -0.1) is 0 Å². The number of anilines is 1. The van der Waals surface area contributed by atoms with Gasteiger partial charge in [-0.05, 0) is 18.2 Å². The average molecular weight is 262 g/mol. The van der Waals surface area contributed by atoms with Gasteiger partial charge in [0.1, 0.15) is 6.42 Å². The van der Waals surface area contributed by atoms with Crippen LogP contribution < -0.4 is 5.32 Å². The zero-order chi connectivity index (χ0) is 12.1. The molecule has 0 saturated heterocycles. The van der Waals surface area contributed by atoms with Gasteiger partial charge in [0.25, 0.3) is 0 Å². The van der Waals surface area contributed by atoms with Gasteiger partial charge in [-0.3, -0.25) is 9.59 Å². The van der Waals surface area contributed by atoms with E-state index < -0.39 is 11.9 Å². The first kappa shape index (κ1) is 12.8. The molecule has 1 aromatic carbocycles. The Morgan fingerprint density at radius 3 is 2.62 bits per heavy atom. The lowest BCUT2D eigenvalue weighted by Crippen LogP contribution is -2.17. The second kappa shape index (κ2) is 5.72. The zero-order valence-corrected chi connectivity index (χ0v) is 9.93. The Labute approximate surface area is 102 Å². The van der Waals surface area contributed by atoms with Gasteiger partial charge < -0.3 is 10.1 Å². The molecule has 0 spiro atoms. The minimum Gasteiger partial charge on any atom is -0.469 e. The molecular formula is C10H9Cl2NO3. The highest BCUT2D eigenvalue weighted by Gasteiger charge is 2.11. The molecule has 0 saturated carbocycles. The summed E-state index contributed by atoms with van der Waals surface area (Å²) in [6.45, 7) is 0. The Bertz CT molecular complexity index is 421. The number of ether oxygens (including phenoxy) is 1. The van der Waals surface area contributed by atoms with Crippen molar-refractivity contribution in [1.29, 1.82) is 0 Å². The van der Waals surface area contributed by atoms with Gasteiger partial charge in [0.2, 0.25) is 5.91 Å². The smallest absolute Gasteiger partial charge is 0.315 e. The molecule has 0 heterocycles. The van der Waals surface area contributed by atoms with E-state index in [1.807, 2.05) is 0 Å². The van der Waals surface area contributed by atoms with Crippen LogP contribution in [0.5, 0.6) is 0 Å². The summed E-state index contributed by atoms with van der Waals surface area (Å²) in [6, 6.07) is 4.64. The van der Waals surface area contributed by atoms with Gasteiger partial charge >= 0.3 is 5.97 Å².